The lowest BCUT2D eigenvalue weighted by atomic mass is 10.2. The van der Waals surface area contributed by atoms with Crippen LogP contribution in [-0.2, 0) is 11.3 Å². The van der Waals surface area contributed by atoms with Gasteiger partial charge in [0, 0.05) is 24.2 Å². The molecule has 0 unspecified atom stereocenters. The zero-order valence-corrected chi connectivity index (χ0v) is 17.1. The minimum absolute atomic E-state index is 0.0993. The van der Waals surface area contributed by atoms with Crippen LogP contribution in [0.4, 0.5) is 0 Å². The van der Waals surface area contributed by atoms with Crippen LogP contribution in [0.15, 0.2) is 34.7 Å². The lowest BCUT2D eigenvalue weighted by Gasteiger charge is -2.14. The van der Waals surface area contributed by atoms with E-state index in [1.165, 1.54) is 6.07 Å². The number of nitrogens with one attached hydrogen (secondary N) is 3. The third-order valence-electron chi connectivity index (χ3n) is 3.95. The summed E-state index contributed by atoms with van der Waals surface area (Å²) in [5, 5.41) is 4.23. The molecular formula is C18H19Cl2N3O4S. The number of benzene rings is 1. The zero-order chi connectivity index (χ0) is 19.9. The van der Waals surface area contributed by atoms with Crippen molar-refractivity contribution in [2.24, 2.45) is 0 Å². The first-order valence-corrected chi connectivity index (χ1v) is 9.80. The van der Waals surface area contributed by atoms with Gasteiger partial charge in [-0.1, -0.05) is 23.2 Å². The van der Waals surface area contributed by atoms with Crippen molar-refractivity contribution < 1.29 is 18.7 Å². The summed E-state index contributed by atoms with van der Waals surface area (Å²) in [6.45, 7) is 1.47. The van der Waals surface area contributed by atoms with E-state index in [0.717, 1.165) is 19.4 Å². The first kappa shape index (κ1) is 20.7. The van der Waals surface area contributed by atoms with Gasteiger partial charge in [0.2, 0.25) is 0 Å². The van der Waals surface area contributed by atoms with Gasteiger partial charge in [0.25, 0.3) is 0 Å². The number of rotatable bonds is 6. The van der Waals surface area contributed by atoms with Crippen molar-refractivity contribution in [3.05, 3.63) is 51.9 Å². The SMILES string of the molecule is O=C(NNC(=S)NC[C@@H]1CCCO1)c1ccc(COc2cc(Cl)ccc2Cl)o1. The number of ether oxygens (including phenoxy) is 2. The van der Waals surface area contributed by atoms with Gasteiger partial charge in [-0.05, 0) is 49.3 Å². The molecule has 28 heavy (non-hydrogen) atoms. The summed E-state index contributed by atoms with van der Waals surface area (Å²) in [5.74, 6) is 0.541. The van der Waals surface area contributed by atoms with Crippen LogP contribution in [0.3, 0.4) is 0 Å². The molecule has 2 aromatic rings. The average molecular weight is 444 g/mol. The molecule has 3 rings (SSSR count). The smallest absolute Gasteiger partial charge is 0.305 e. The number of carbonyl (C=O) groups is 1. The summed E-state index contributed by atoms with van der Waals surface area (Å²) in [4.78, 5) is 12.1. The molecule has 1 saturated heterocycles. The quantitative estimate of drug-likeness (QED) is 0.465. The second-order valence-corrected chi connectivity index (χ2v) is 7.31. The van der Waals surface area contributed by atoms with Gasteiger partial charge < -0.3 is 19.2 Å². The Morgan fingerprint density at radius 3 is 2.89 bits per heavy atom. The molecule has 1 amide bonds. The highest BCUT2D eigenvalue weighted by Gasteiger charge is 2.16. The molecule has 2 heterocycles. The number of hydrogen-bond acceptors (Lipinski definition) is 5. The van der Waals surface area contributed by atoms with Crippen molar-refractivity contribution >= 4 is 46.4 Å². The highest BCUT2D eigenvalue weighted by atomic mass is 35.5. The van der Waals surface area contributed by atoms with E-state index in [9.17, 15) is 4.79 Å². The molecule has 7 nitrogen and oxygen atoms in total. The highest BCUT2D eigenvalue weighted by molar-refractivity contribution is 7.80. The Morgan fingerprint density at radius 1 is 1.25 bits per heavy atom. The van der Waals surface area contributed by atoms with Crippen molar-refractivity contribution in [3.63, 3.8) is 0 Å². The molecule has 10 heteroatoms. The molecular weight excluding hydrogens is 425 g/mol. The van der Waals surface area contributed by atoms with Gasteiger partial charge in [0.15, 0.2) is 10.9 Å². The third-order valence-corrected chi connectivity index (χ3v) is 4.75. The molecule has 0 spiro atoms. The van der Waals surface area contributed by atoms with Crippen molar-refractivity contribution in [1.82, 2.24) is 16.2 Å². The predicted molar refractivity (Wildman–Crippen MR) is 110 cm³/mol. The van der Waals surface area contributed by atoms with E-state index in [0.29, 0.717) is 33.2 Å². The van der Waals surface area contributed by atoms with Gasteiger partial charge in [-0.3, -0.25) is 15.6 Å². The highest BCUT2D eigenvalue weighted by Crippen LogP contribution is 2.28. The molecule has 0 radical (unpaired) electrons. The molecule has 1 atom stereocenters. The van der Waals surface area contributed by atoms with E-state index in [1.54, 1.807) is 24.3 Å². The maximum Gasteiger partial charge on any atom is 0.305 e. The second-order valence-electron chi connectivity index (χ2n) is 6.05. The summed E-state index contributed by atoms with van der Waals surface area (Å²) in [7, 11) is 0. The Hall–Kier alpha value is -2.00. The van der Waals surface area contributed by atoms with Crippen molar-refractivity contribution in [1.29, 1.82) is 0 Å². The molecule has 1 aromatic carbocycles. The van der Waals surface area contributed by atoms with E-state index in [2.05, 4.69) is 16.2 Å². The van der Waals surface area contributed by atoms with Crippen LogP contribution in [0.25, 0.3) is 0 Å². The number of amides is 1. The summed E-state index contributed by atoms with van der Waals surface area (Å²) >= 11 is 17.1. The fourth-order valence-corrected chi connectivity index (χ4v) is 3.01. The van der Waals surface area contributed by atoms with E-state index in [1.807, 2.05) is 0 Å². The van der Waals surface area contributed by atoms with Crippen LogP contribution in [-0.4, -0.2) is 30.3 Å². The van der Waals surface area contributed by atoms with Crippen molar-refractivity contribution in [2.45, 2.75) is 25.6 Å². The monoisotopic (exact) mass is 443 g/mol. The maximum atomic E-state index is 12.1. The van der Waals surface area contributed by atoms with Crippen LogP contribution in [0.5, 0.6) is 5.75 Å². The Morgan fingerprint density at radius 2 is 2.11 bits per heavy atom. The molecule has 0 bridgehead atoms. The number of halogens is 2. The van der Waals surface area contributed by atoms with E-state index < -0.39 is 5.91 Å². The van der Waals surface area contributed by atoms with Gasteiger partial charge in [0.05, 0.1) is 11.1 Å². The van der Waals surface area contributed by atoms with Crippen molar-refractivity contribution in [2.75, 3.05) is 13.2 Å². The minimum atomic E-state index is -0.465. The first-order chi connectivity index (χ1) is 13.5. The van der Waals surface area contributed by atoms with Gasteiger partial charge >= 0.3 is 5.91 Å². The maximum absolute atomic E-state index is 12.1. The van der Waals surface area contributed by atoms with Gasteiger partial charge in [0.1, 0.15) is 18.1 Å². The topological polar surface area (TPSA) is 84.8 Å². The molecule has 1 fully saturated rings. The molecule has 1 aliphatic heterocycles. The summed E-state index contributed by atoms with van der Waals surface area (Å²) in [5.41, 5.74) is 5.10. The molecule has 1 aromatic heterocycles. The van der Waals surface area contributed by atoms with E-state index >= 15 is 0 Å². The minimum Gasteiger partial charge on any atom is -0.484 e. The predicted octanol–water partition coefficient (Wildman–Crippen LogP) is 3.45. The normalized spacial score (nSPS) is 15.9. The molecule has 1 aliphatic rings. The van der Waals surface area contributed by atoms with Crippen LogP contribution in [0.2, 0.25) is 10.0 Å². The fourth-order valence-electron chi connectivity index (χ4n) is 2.55. The van der Waals surface area contributed by atoms with Crippen LogP contribution in [0.1, 0.15) is 29.2 Å². The van der Waals surface area contributed by atoms with Gasteiger partial charge in [-0.25, -0.2) is 0 Å². The number of hydrogen-bond donors (Lipinski definition) is 3. The molecule has 0 aliphatic carbocycles. The molecule has 3 N–H and O–H groups in total. The Kier molecular flexibility index (Phi) is 7.38. The Bertz CT molecular complexity index is 840. The third kappa shape index (κ3) is 6.00. The Balaban J connectivity index is 1.43. The lowest BCUT2D eigenvalue weighted by molar-refractivity contribution is 0.0911. The zero-order valence-electron chi connectivity index (χ0n) is 14.8. The summed E-state index contributed by atoms with van der Waals surface area (Å²) in [6, 6.07) is 8.09. The summed E-state index contributed by atoms with van der Waals surface area (Å²) in [6.07, 6.45) is 2.20. The van der Waals surface area contributed by atoms with E-state index in [4.69, 9.17) is 49.3 Å². The number of hydrazine groups is 1. The fraction of sp³-hybridized carbons (Fsp3) is 0.333. The second kappa shape index (κ2) is 9.97. The van der Waals surface area contributed by atoms with Crippen LogP contribution in [0, 0.1) is 0 Å². The van der Waals surface area contributed by atoms with Crippen LogP contribution >= 0.6 is 35.4 Å². The first-order valence-electron chi connectivity index (χ1n) is 8.63. The summed E-state index contributed by atoms with van der Waals surface area (Å²) < 4.78 is 16.5. The lowest BCUT2D eigenvalue weighted by Crippen LogP contribution is -2.48. The number of thiocarbonyl (C=S) groups is 1. The Labute approximate surface area is 177 Å². The largest absolute Gasteiger partial charge is 0.484 e. The van der Waals surface area contributed by atoms with Crippen LogP contribution < -0.4 is 20.9 Å². The van der Waals surface area contributed by atoms with E-state index in [-0.39, 0.29) is 18.5 Å². The number of furan rings is 1. The van der Waals surface area contributed by atoms with Crippen molar-refractivity contribution in [3.8, 4) is 5.75 Å². The van der Waals surface area contributed by atoms with Gasteiger partial charge in [-0.2, -0.15) is 0 Å². The standard InChI is InChI=1S/C18H19Cl2N3O4S/c19-11-3-5-14(20)16(8-11)26-10-13-4-6-15(27-13)17(24)22-23-18(28)21-9-12-2-1-7-25-12/h3-6,8,12H,1-2,7,9-10H2,(H,22,24)(H2,21,23,28)/t12-/m0/s1. The number of carbonyl (C=O) groups excluding carboxylic acids is 1. The van der Waals surface area contributed by atoms with Gasteiger partial charge in [-0.15, -0.1) is 0 Å². The average Bonchev–Trinajstić information content (AvgIpc) is 3.37. The molecule has 0 saturated carbocycles. The molecule has 150 valence electrons.